The fourth-order valence-corrected chi connectivity index (χ4v) is 2.09. The van der Waals surface area contributed by atoms with Crippen molar-refractivity contribution in [1.82, 2.24) is 4.90 Å². The molecule has 2 amide bonds. The lowest BCUT2D eigenvalue weighted by molar-refractivity contribution is -0.141. The van der Waals surface area contributed by atoms with Gasteiger partial charge in [-0.15, -0.1) is 0 Å². The number of amides is 2. The van der Waals surface area contributed by atoms with Crippen molar-refractivity contribution < 1.29 is 23.5 Å². The van der Waals surface area contributed by atoms with E-state index in [0.717, 1.165) is 17.0 Å². The van der Waals surface area contributed by atoms with Crippen molar-refractivity contribution in [2.24, 2.45) is 0 Å². The molecule has 102 valence electrons. The summed E-state index contributed by atoms with van der Waals surface area (Å²) in [6.07, 6.45) is 0.960. The minimum atomic E-state index is -1.09. The second-order valence-electron chi connectivity index (χ2n) is 4.28. The number of anilines is 1. The first-order valence-electron chi connectivity index (χ1n) is 5.74. The van der Waals surface area contributed by atoms with Crippen molar-refractivity contribution >= 4 is 17.7 Å². The summed E-state index contributed by atoms with van der Waals surface area (Å²) < 4.78 is 25.9. The molecule has 1 aliphatic rings. The first-order valence-corrected chi connectivity index (χ1v) is 5.74. The molecular weight excluding hydrogens is 258 g/mol. The number of nitrogens with zero attached hydrogens (tertiary/aromatic N) is 1. The summed E-state index contributed by atoms with van der Waals surface area (Å²) in [5.74, 6) is -2.71. The smallest absolute Gasteiger partial charge is 0.326 e. The van der Waals surface area contributed by atoms with Gasteiger partial charge in [0.2, 0.25) is 0 Å². The zero-order valence-corrected chi connectivity index (χ0v) is 9.90. The van der Waals surface area contributed by atoms with E-state index in [1.807, 2.05) is 0 Å². The Kier molecular flexibility index (Phi) is 3.64. The lowest BCUT2D eigenvalue weighted by atomic mass is 10.2. The fraction of sp³-hybridized carbons (Fsp3) is 0.333. The van der Waals surface area contributed by atoms with Crippen LogP contribution in [0.3, 0.4) is 0 Å². The monoisotopic (exact) mass is 270 g/mol. The Morgan fingerprint density at radius 2 is 1.89 bits per heavy atom. The van der Waals surface area contributed by atoms with Gasteiger partial charge in [-0.1, -0.05) is 0 Å². The Hall–Kier alpha value is -2.18. The molecule has 1 heterocycles. The van der Waals surface area contributed by atoms with E-state index in [4.69, 9.17) is 5.11 Å². The van der Waals surface area contributed by atoms with Gasteiger partial charge in [0.05, 0.1) is 0 Å². The van der Waals surface area contributed by atoms with Crippen molar-refractivity contribution in [3.8, 4) is 0 Å². The number of hydrogen-bond donors (Lipinski definition) is 2. The second-order valence-corrected chi connectivity index (χ2v) is 4.28. The Morgan fingerprint density at radius 3 is 2.47 bits per heavy atom. The minimum absolute atomic E-state index is 0.0430. The molecule has 0 aliphatic carbocycles. The third-order valence-electron chi connectivity index (χ3n) is 2.91. The normalized spacial score (nSPS) is 18.4. The zero-order chi connectivity index (χ0) is 14.0. The van der Waals surface area contributed by atoms with Crippen molar-refractivity contribution in [1.29, 1.82) is 0 Å². The van der Waals surface area contributed by atoms with Gasteiger partial charge in [0.1, 0.15) is 17.7 Å². The number of hydrogen-bond acceptors (Lipinski definition) is 2. The van der Waals surface area contributed by atoms with Crippen LogP contribution in [-0.2, 0) is 4.79 Å². The number of benzene rings is 1. The first kappa shape index (κ1) is 13.3. The van der Waals surface area contributed by atoms with Crippen LogP contribution in [0.25, 0.3) is 0 Å². The molecule has 0 aromatic heterocycles. The van der Waals surface area contributed by atoms with Crippen molar-refractivity contribution in [2.45, 2.75) is 18.9 Å². The van der Waals surface area contributed by atoms with Gasteiger partial charge in [-0.3, -0.25) is 0 Å². The number of carboxylic acids is 1. The highest BCUT2D eigenvalue weighted by molar-refractivity contribution is 5.92. The van der Waals surface area contributed by atoms with Crippen LogP contribution in [0.1, 0.15) is 12.8 Å². The van der Waals surface area contributed by atoms with Crippen LogP contribution in [0.2, 0.25) is 0 Å². The quantitative estimate of drug-likeness (QED) is 0.864. The second kappa shape index (κ2) is 5.21. The number of carbonyl (C=O) groups is 2. The van der Waals surface area contributed by atoms with Crippen LogP contribution in [-0.4, -0.2) is 34.6 Å². The molecule has 1 aliphatic heterocycles. The summed E-state index contributed by atoms with van der Waals surface area (Å²) in [6, 6.07) is 1.05. The Morgan fingerprint density at radius 1 is 1.26 bits per heavy atom. The average molecular weight is 270 g/mol. The van der Waals surface area contributed by atoms with Crippen LogP contribution in [0.5, 0.6) is 0 Å². The summed E-state index contributed by atoms with van der Waals surface area (Å²) >= 11 is 0. The van der Waals surface area contributed by atoms with E-state index in [1.165, 1.54) is 0 Å². The van der Waals surface area contributed by atoms with E-state index < -0.39 is 29.7 Å². The molecule has 0 radical (unpaired) electrons. The van der Waals surface area contributed by atoms with Crippen molar-refractivity contribution in [2.75, 3.05) is 11.9 Å². The minimum Gasteiger partial charge on any atom is -0.480 e. The number of carbonyl (C=O) groups excluding carboxylic acids is 1. The summed E-state index contributed by atoms with van der Waals surface area (Å²) in [5.41, 5.74) is -0.0430. The Labute approximate surface area is 107 Å². The standard InChI is InChI=1S/C12H12F2N2O3/c13-7-4-8(14)6-9(5-7)15-12(19)16-3-1-2-10(16)11(17)18/h4-6,10H,1-3H2,(H,15,19)(H,17,18)/t10-/m0/s1. The third kappa shape index (κ3) is 2.98. The molecule has 19 heavy (non-hydrogen) atoms. The van der Waals surface area contributed by atoms with Crippen molar-refractivity contribution in [3.63, 3.8) is 0 Å². The summed E-state index contributed by atoms with van der Waals surface area (Å²) in [4.78, 5) is 23.9. The molecule has 1 fully saturated rings. The maximum atomic E-state index is 13.0. The van der Waals surface area contributed by atoms with Gasteiger partial charge in [-0.05, 0) is 25.0 Å². The zero-order valence-electron chi connectivity index (χ0n) is 9.90. The maximum Gasteiger partial charge on any atom is 0.326 e. The van der Waals surface area contributed by atoms with Gasteiger partial charge < -0.3 is 15.3 Å². The van der Waals surface area contributed by atoms with E-state index in [1.54, 1.807) is 0 Å². The number of nitrogens with one attached hydrogen (secondary N) is 1. The molecule has 1 aromatic rings. The number of rotatable bonds is 2. The number of carboxylic acid groups (broad SMARTS) is 1. The van der Waals surface area contributed by atoms with Crippen LogP contribution in [0.15, 0.2) is 18.2 Å². The van der Waals surface area contributed by atoms with Crippen molar-refractivity contribution in [3.05, 3.63) is 29.8 Å². The molecule has 1 aromatic carbocycles. The SMILES string of the molecule is O=C(O)[C@@H]1CCCN1C(=O)Nc1cc(F)cc(F)c1. The highest BCUT2D eigenvalue weighted by atomic mass is 19.1. The molecule has 7 heteroatoms. The predicted molar refractivity (Wildman–Crippen MR) is 62.7 cm³/mol. The van der Waals surface area contributed by atoms with E-state index in [2.05, 4.69) is 5.32 Å². The number of likely N-dealkylation sites (tertiary alicyclic amines) is 1. The lowest BCUT2D eigenvalue weighted by Gasteiger charge is -2.21. The molecule has 0 unspecified atom stereocenters. The van der Waals surface area contributed by atoms with Crippen LogP contribution >= 0.6 is 0 Å². The summed E-state index contributed by atoms with van der Waals surface area (Å²) in [6.45, 7) is 0.306. The molecular formula is C12H12F2N2O3. The third-order valence-corrected chi connectivity index (χ3v) is 2.91. The topological polar surface area (TPSA) is 69.6 Å². The summed E-state index contributed by atoms with van der Waals surface area (Å²) in [5, 5.41) is 11.2. The number of urea groups is 1. The first-order chi connectivity index (χ1) is 8.97. The molecule has 0 bridgehead atoms. The van der Waals surface area contributed by atoms with Crippen LogP contribution in [0, 0.1) is 11.6 Å². The van der Waals surface area contributed by atoms with E-state index in [9.17, 15) is 18.4 Å². The molecule has 1 saturated heterocycles. The Bertz CT molecular complexity index is 501. The van der Waals surface area contributed by atoms with Gasteiger partial charge in [0.25, 0.3) is 0 Å². The molecule has 5 nitrogen and oxygen atoms in total. The maximum absolute atomic E-state index is 13.0. The van der Waals surface area contributed by atoms with Crippen LogP contribution in [0.4, 0.5) is 19.3 Å². The molecule has 2 rings (SSSR count). The van der Waals surface area contributed by atoms with E-state index >= 15 is 0 Å². The molecule has 0 spiro atoms. The van der Waals surface area contributed by atoms with Gasteiger partial charge in [0.15, 0.2) is 0 Å². The van der Waals surface area contributed by atoms with Gasteiger partial charge in [-0.2, -0.15) is 0 Å². The van der Waals surface area contributed by atoms with E-state index in [-0.39, 0.29) is 5.69 Å². The highest BCUT2D eigenvalue weighted by Gasteiger charge is 2.34. The van der Waals surface area contributed by atoms with Gasteiger partial charge in [0, 0.05) is 18.3 Å². The predicted octanol–water partition coefficient (Wildman–Crippen LogP) is 2.05. The largest absolute Gasteiger partial charge is 0.480 e. The molecule has 0 saturated carbocycles. The summed E-state index contributed by atoms with van der Waals surface area (Å²) in [7, 11) is 0. The van der Waals surface area contributed by atoms with Gasteiger partial charge in [-0.25, -0.2) is 18.4 Å². The van der Waals surface area contributed by atoms with Crippen LogP contribution < -0.4 is 5.32 Å². The number of halogens is 2. The highest BCUT2D eigenvalue weighted by Crippen LogP contribution is 2.20. The Balaban J connectivity index is 2.10. The molecule has 1 atom stereocenters. The molecule has 2 N–H and O–H groups in total. The number of aliphatic carboxylic acids is 1. The van der Waals surface area contributed by atoms with E-state index in [0.29, 0.717) is 25.5 Å². The fourth-order valence-electron chi connectivity index (χ4n) is 2.09. The van der Waals surface area contributed by atoms with Gasteiger partial charge >= 0.3 is 12.0 Å². The average Bonchev–Trinajstić information content (AvgIpc) is 2.75. The lowest BCUT2D eigenvalue weighted by Crippen LogP contribution is -2.42.